The molecule has 8 saturated heterocycles. The van der Waals surface area contributed by atoms with Gasteiger partial charge in [0.15, 0.2) is 50.3 Å². The SMILES string of the molecule is C[C@@H]1OC(O)[C@H](O)[C@H](O)[C@H]1O[C@H]1O[C@H](CO)[C@@H](O)[C@H](O[C@H]2O[C@H](C)[C@@H](O)C[C@@H]2O)[C@@H]1O[C@H]1O[C@H](CO)[C@H](O)[C@H](O[C@@H]2O[C@@H](C)[C@H](O[C@H]3O[C@H](CO)[C@@H](O)[C@H](O[C@H]4O[C@H](C)[C@@H](O)C[C@@H]4O)[C@@H]3O[C@H]3O[C@H](CO)[C@H](O)[C@H](O)[C@H]3O)[C@@H](O)[C@H]2O)[C@H]1O. The van der Waals surface area contributed by atoms with Crippen LogP contribution in [-0.4, -0.2) is 362 Å². The lowest BCUT2D eigenvalue weighted by atomic mass is 9.95. The summed E-state index contributed by atoms with van der Waals surface area (Å²) < 4.78 is 88.4. The fraction of sp³-hybridized carbons (Fsp3) is 1.00. The minimum absolute atomic E-state index is 0.279. The van der Waals surface area contributed by atoms with E-state index in [1.165, 1.54) is 27.7 Å². The van der Waals surface area contributed by atoms with Crippen LogP contribution >= 0.6 is 0 Å². The van der Waals surface area contributed by atoms with E-state index >= 15 is 0 Å². The molecule has 0 spiro atoms. The highest BCUT2D eigenvalue weighted by molar-refractivity contribution is 5.01. The predicted octanol–water partition coefficient (Wildman–Crippen LogP) is -12.3. The smallest absolute Gasteiger partial charge is 0.187 e. The number of hydrogen-bond acceptors (Lipinski definition) is 35. The summed E-state index contributed by atoms with van der Waals surface area (Å²) in [4.78, 5) is 0. The average Bonchev–Trinajstić information content (AvgIpc) is 2.83. The van der Waals surface area contributed by atoms with E-state index in [1.54, 1.807) is 0 Å². The molecule has 8 heterocycles. The molecule has 8 aliphatic heterocycles. The van der Waals surface area contributed by atoms with Crippen molar-refractivity contribution < 1.29 is 173 Å². The number of aliphatic hydroxyl groups excluding tert-OH is 20. The van der Waals surface area contributed by atoms with Gasteiger partial charge in [0.25, 0.3) is 0 Å². The first-order chi connectivity index (χ1) is 39.2. The Bertz CT molecular complexity index is 1990. The van der Waals surface area contributed by atoms with Crippen molar-refractivity contribution in [2.75, 3.05) is 26.4 Å². The van der Waals surface area contributed by atoms with Gasteiger partial charge < -0.3 is 173 Å². The summed E-state index contributed by atoms with van der Waals surface area (Å²) in [6.45, 7) is 1.68. The van der Waals surface area contributed by atoms with Crippen LogP contribution in [0.15, 0.2) is 0 Å². The number of hydrogen-bond donors (Lipinski definition) is 20. The molecule has 0 aromatic carbocycles. The zero-order chi connectivity index (χ0) is 60.8. The van der Waals surface area contributed by atoms with E-state index < -0.39 is 260 Å². The molecule has 8 rings (SSSR count). The Morgan fingerprint density at radius 2 is 0.566 bits per heavy atom. The second-order valence-corrected chi connectivity index (χ2v) is 22.1. The van der Waals surface area contributed by atoms with E-state index in [1.807, 2.05) is 0 Å². The molecular formula is C48H82O35. The maximum absolute atomic E-state index is 12.0. The van der Waals surface area contributed by atoms with Crippen LogP contribution in [0.3, 0.4) is 0 Å². The molecule has 0 aromatic heterocycles. The first kappa shape index (κ1) is 67.5. The standard InChI is InChI=1S/C48H82O35/c1-11-15(53)5-17(55)42(70-11)80-37-25(59)21(9-51)75-47(39(37)82-45-31(65)27(61)23(57)19(7-49)73-45)78-35-14(4)72-44(32(66)29(35)63)79-36-24(58)20(8-50)74-46(33(36)67)83-40-38(81-43-18(56)6-16(54)12(2)71-43)26(60)22(10-52)76-48(40)77-34-13(3)69-41(68)30(64)28(34)62/h11-68H,5-10H2,1-4H3/t11-,12-,13+,14+,15+,16+,17+,18+,19-,20-,21-,22-,23+,24+,25-,26-,27+,28+,29+,30-,31-,32-,33-,34+,35+,36+,37+,38+,39+,40+,41?,42-,43-,44+,45-,46-,47-,48-/m1/s1. The normalized spacial score (nSPS) is 54.8. The van der Waals surface area contributed by atoms with E-state index in [4.69, 9.17) is 71.1 Å². The molecular weight excluding hydrogens is 1140 g/mol. The van der Waals surface area contributed by atoms with Crippen molar-refractivity contribution in [2.24, 2.45) is 0 Å². The number of aliphatic hydroxyl groups is 20. The van der Waals surface area contributed by atoms with Crippen LogP contribution in [0.25, 0.3) is 0 Å². The molecule has 35 nitrogen and oxygen atoms in total. The van der Waals surface area contributed by atoms with Crippen molar-refractivity contribution in [3.8, 4) is 0 Å². The van der Waals surface area contributed by atoms with Crippen molar-refractivity contribution in [2.45, 2.75) is 274 Å². The van der Waals surface area contributed by atoms with E-state index in [-0.39, 0.29) is 12.8 Å². The van der Waals surface area contributed by atoms with Crippen LogP contribution < -0.4 is 0 Å². The van der Waals surface area contributed by atoms with Gasteiger partial charge in [0.2, 0.25) is 0 Å². The average molecular weight is 1220 g/mol. The van der Waals surface area contributed by atoms with E-state index in [2.05, 4.69) is 0 Å². The Morgan fingerprint density at radius 1 is 0.253 bits per heavy atom. The summed E-state index contributed by atoms with van der Waals surface area (Å²) in [5.41, 5.74) is 0. The summed E-state index contributed by atoms with van der Waals surface area (Å²) in [5.74, 6) is 0. The molecule has 0 saturated carbocycles. The van der Waals surface area contributed by atoms with Crippen molar-refractivity contribution in [3.05, 3.63) is 0 Å². The Hall–Kier alpha value is -1.40. The van der Waals surface area contributed by atoms with E-state index in [0.29, 0.717) is 0 Å². The van der Waals surface area contributed by atoms with Gasteiger partial charge in [-0.15, -0.1) is 0 Å². The lowest BCUT2D eigenvalue weighted by Crippen LogP contribution is -2.69. The zero-order valence-corrected chi connectivity index (χ0v) is 45.2. The molecule has 0 amide bonds. The highest BCUT2D eigenvalue weighted by Gasteiger charge is 2.59. The van der Waals surface area contributed by atoms with Crippen molar-refractivity contribution >= 4 is 0 Å². The van der Waals surface area contributed by atoms with Crippen LogP contribution in [0.2, 0.25) is 0 Å². The van der Waals surface area contributed by atoms with Gasteiger partial charge in [-0.3, -0.25) is 0 Å². The van der Waals surface area contributed by atoms with Gasteiger partial charge in [0, 0.05) is 12.8 Å². The number of ether oxygens (including phenoxy) is 15. The summed E-state index contributed by atoms with van der Waals surface area (Å²) in [6, 6.07) is 0. The Kier molecular flexibility index (Phi) is 23.3. The maximum Gasteiger partial charge on any atom is 0.187 e. The second-order valence-electron chi connectivity index (χ2n) is 22.1. The van der Waals surface area contributed by atoms with Gasteiger partial charge in [-0.05, 0) is 27.7 Å². The lowest BCUT2D eigenvalue weighted by Gasteiger charge is -2.51. The third-order valence-corrected chi connectivity index (χ3v) is 16.3. The fourth-order valence-corrected chi connectivity index (χ4v) is 11.1. The third-order valence-electron chi connectivity index (χ3n) is 16.3. The first-order valence-corrected chi connectivity index (χ1v) is 27.4. The minimum atomic E-state index is -2.25. The highest BCUT2D eigenvalue weighted by Crippen LogP contribution is 2.40. The third kappa shape index (κ3) is 14.3. The Balaban J connectivity index is 1.04. The van der Waals surface area contributed by atoms with Crippen LogP contribution in [0.5, 0.6) is 0 Å². The fourth-order valence-electron chi connectivity index (χ4n) is 11.1. The van der Waals surface area contributed by atoms with Gasteiger partial charge in [-0.25, -0.2) is 0 Å². The van der Waals surface area contributed by atoms with Gasteiger partial charge in [-0.2, -0.15) is 0 Å². The van der Waals surface area contributed by atoms with Gasteiger partial charge in [0.1, 0.15) is 146 Å². The monoisotopic (exact) mass is 1220 g/mol. The van der Waals surface area contributed by atoms with E-state index in [9.17, 15) is 102 Å². The topological polar surface area (TPSA) is 543 Å². The van der Waals surface area contributed by atoms with Crippen LogP contribution in [0.1, 0.15) is 40.5 Å². The van der Waals surface area contributed by atoms with Crippen molar-refractivity contribution in [1.82, 2.24) is 0 Å². The van der Waals surface area contributed by atoms with Gasteiger partial charge in [-0.1, -0.05) is 0 Å². The minimum Gasteiger partial charge on any atom is -0.394 e. The van der Waals surface area contributed by atoms with E-state index in [0.717, 1.165) is 0 Å². The molecule has 38 atom stereocenters. The molecule has 8 aliphatic rings. The van der Waals surface area contributed by atoms with Crippen LogP contribution in [0, 0.1) is 0 Å². The van der Waals surface area contributed by atoms with Crippen molar-refractivity contribution in [3.63, 3.8) is 0 Å². The number of rotatable bonds is 18. The lowest BCUT2D eigenvalue weighted by molar-refractivity contribution is -0.412. The predicted molar refractivity (Wildman–Crippen MR) is 256 cm³/mol. The van der Waals surface area contributed by atoms with Crippen molar-refractivity contribution in [1.29, 1.82) is 0 Å². The molecule has 0 bridgehead atoms. The first-order valence-electron chi connectivity index (χ1n) is 27.4. The Morgan fingerprint density at radius 3 is 1.01 bits per heavy atom. The molecule has 0 radical (unpaired) electrons. The molecule has 0 aliphatic carbocycles. The van der Waals surface area contributed by atoms with Crippen LogP contribution in [0.4, 0.5) is 0 Å². The Labute approximate surface area is 472 Å². The highest BCUT2D eigenvalue weighted by atomic mass is 16.8. The molecule has 83 heavy (non-hydrogen) atoms. The molecule has 35 heteroatoms. The zero-order valence-electron chi connectivity index (χ0n) is 45.2. The second kappa shape index (κ2) is 28.6. The summed E-state index contributed by atoms with van der Waals surface area (Å²) in [7, 11) is 0. The quantitative estimate of drug-likeness (QED) is 0.0606. The largest absolute Gasteiger partial charge is 0.394 e. The molecule has 484 valence electrons. The molecule has 20 N–H and O–H groups in total. The molecule has 8 fully saturated rings. The maximum atomic E-state index is 12.0. The molecule has 0 aromatic rings. The van der Waals surface area contributed by atoms with Gasteiger partial charge >= 0.3 is 0 Å². The summed E-state index contributed by atoms with van der Waals surface area (Å²) in [5, 5.41) is 218. The van der Waals surface area contributed by atoms with Gasteiger partial charge in [0.05, 0.1) is 63.1 Å². The summed E-state index contributed by atoms with van der Waals surface area (Å²) in [6.07, 6.45) is -67.7. The molecule has 1 unspecified atom stereocenters. The summed E-state index contributed by atoms with van der Waals surface area (Å²) >= 11 is 0. The van der Waals surface area contributed by atoms with Crippen LogP contribution in [-0.2, 0) is 71.1 Å².